The fourth-order valence-corrected chi connectivity index (χ4v) is 2.24. The molecule has 1 rings (SSSR count). The van der Waals surface area contributed by atoms with E-state index in [9.17, 15) is 4.39 Å². The Bertz CT molecular complexity index is 356. The number of likely N-dealkylation sites (N-methyl/N-ethyl adjacent to an activating group) is 1. The summed E-state index contributed by atoms with van der Waals surface area (Å²) < 4.78 is 18.4. The average molecular weight is 275 g/mol. The third-order valence-electron chi connectivity index (χ3n) is 2.92. The van der Waals surface area contributed by atoms with Crippen LogP contribution in [0.25, 0.3) is 0 Å². The molecule has 0 aliphatic heterocycles. The van der Waals surface area contributed by atoms with Gasteiger partial charge < -0.3 is 10.5 Å². The lowest BCUT2D eigenvalue weighted by Gasteiger charge is -2.30. The van der Waals surface area contributed by atoms with E-state index < -0.39 is 0 Å². The molecule has 1 unspecified atom stereocenters. The summed E-state index contributed by atoms with van der Waals surface area (Å²) in [6.45, 7) is 4.65. The summed E-state index contributed by atoms with van der Waals surface area (Å²) in [7, 11) is 1.66. The van der Waals surface area contributed by atoms with Gasteiger partial charge in [0.2, 0.25) is 0 Å². The van der Waals surface area contributed by atoms with E-state index in [-0.39, 0.29) is 11.9 Å². The minimum Gasteiger partial charge on any atom is -0.383 e. The zero-order chi connectivity index (χ0) is 13.5. The zero-order valence-corrected chi connectivity index (χ0v) is 11.6. The molecular weight excluding hydrogens is 255 g/mol. The van der Waals surface area contributed by atoms with Crippen molar-refractivity contribution in [2.75, 3.05) is 33.4 Å². The smallest absolute Gasteiger partial charge is 0.125 e. The van der Waals surface area contributed by atoms with Gasteiger partial charge in [-0.1, -0.05) is 18.5 Å². The largest absolute Gasteiger partial charge is 0.383 e. The SMILES string of the molecule is CCN(CCOC)C(CN)c1cc(F)cc(Cl)c1. The summed E-state index contributed by atoms with van der Waals surface area (Å²) in [6, 6.07) is 4.50. The second kappa shape index (κ2) is 7.69. The summed E-state index contributed by atoms with van der Waals surface area (Å²) in [5.74, 6) is -0.334. The molecule has 0 aliphatic carbocycles. The molecule has 1 aromatic rings. The molecule has 18 heavy (non-hydrogen) atoms. The molecule has 2 N–H and O–H groups in total. The molecule has 0 aromatic heterocycles. The van der Waals surface area contributed by atoms with Gasteiger partial charge >= 0.3 is 0 Å². The number of halogens is 2. The normalized spacial score (nSPS) is 13.0. The maximum Gasteiger partial charge on any atom is 0.125 e. The minimum atomic E-state index is -0.334. The van der Waals surface area contributed by atoms with Crippen molar-refractivity contribution in [3.63, 3.8) is 0 Å². The predicted molar refractivity (Wildman–Crippen MR) is 72.3 cm³/mol. The van der Waals surface area contributed by atoms with Crippen molar-refractivity contribution in [1.29, 1.82) is 0 Å². The van der Waals surface area contributed by atoms with Gasteiger partial charge in [-0.25, -0.2) is 4.39 Å². The summed E-state index contributed by atoms with van der Waals surface area (Å²) in [4.78, 5) is 2.15. The number of methoxy groups -OCH3 is 1. The molecule has 0 fully saturated rings. The van der Waals surface area contributed by atoms with Crippen LogP contribution in [0.4, 0.5) is 4.39 Å². The van der Waals surface area contributed by atoms with Crippen molar-refractivity contribution in [3.05, 3.63) is 34.6 Å². The van der Waals surface area contributed by atoms with Crippen LogP contribution in [0.15, 0.2) is 18.2 Å². The number of benzene rings is 1. The Labute approximate surface area is 113 Å². The summed E-state index contributed by atoms with van der Waals surface area (Å²) in [6.07, 6.45) is 0. The van der Waals surface area contributed by atoms with E-state index in [1.54, 1.807) is 13.2 Å². The van der Waals surface area contributed by atoms with Crippen molar-refractivity contribution >= 4 is 11.6 Å². The maximum atomic E-state index is 13.4. The Hall–Kier alpha value is -0.680. The average Bonchev–Trinajstić information content (AvgIpc) is 2.33. The molecule has 102 valence electrons. The fraction of sp³-hybridized carbons (Fsp3) is 0.538. The summed E-state index contributed by atoms with van der Waals surface area (Å²) in [5, 5.41) is 0.395. The molecular formula is C13H20ClFN2O. The van der Waals surface area contributed by atoms with Gasteiger partial charge in [0.1, 0.15) is 5.82 Å². The van der Waals surface area contributed by atoms with Crippen LogP contribution < -0.4 is 5.73 Å². The van der Waals surface area contributed by atoms with E-state index in [1.807, 2.05) is 6.92 Å². The van der Waals surface area contributed by atoms with E-state index in [4.69, 9.17) is 22.1 Å². The Morgan fingerprint density at radius 2 is 2.17 bits per heavy atom. The van der Waals surface area contributed by atoms with E-state index >= 15 is 0 Å². The molecule has 0 heterocycles. The Kier molecular flexibility index (Phi) is 6.57. The second-order valence-electron chi connectivity index (χ2n) is 4.08. The Morgan fingerprint density at radius 3 is 2.67 bits per heavy atom. The first-order valence-electron chi connectivity index (χ1n) is 6.01. The quantitative estimate of drug-likeness (QED) is 0.830. The van der Waals surface area contributed by atoms with E-state index in [2.05, 4.69) is 4.90 Å². The first-order chi connectivity index (χ1) is 8.62. The molecule has 0 amide bonds. The summed E-state index contributed by atoms with van der Waals surface area (Å²) >= 11 is 5.88. The van der Waals surface area contributed by atoms with Gasteiger partial charge in [-0.3, -0.25) is 4.90 Å². The standard InChI is InChI=1S/C13H20ClFN2O/c1-3-17(4-5-18-2)13(9-16)10-6-11(14)8-12(15)7-10/h6-8,13H,3-5,9,16H2,1-2H3. The highest BCUT2D eigenvalue weighted by Crippen LogP contribution is 2.23. The number of hydrogen-bond donors (Lipinski definition) is 1. The monoisotopic (exact) mass is 274 g/mol. The fourth-order valence-electron chi connectivity index (χ4n) is 2.01. The molecule has 0 radical (unpaired) electrons. The molecule has 0 saturated carbocycles. The Balaban J connectivity index is 2.91. The van der Waals surface area contributed by atoms with Gasteiger partial charge in [-0.05, 0) is 30.3 Å². The van der Waals surface area contributed by atoms with E-state index in [0.717, 1.165) is 18.7 Å². The third kappa shape index (κ3) is 4.21. The Morgan fingerprint density at radius 1 is 1.44 bits per heavy atom. The molecule has 0 aliphatic rings. The first kappa shape index (κ1) is 15.4. The van der Waals surface area contributed by atoms with Crippen LogP contribution in [0.5, 0.6) is 0 Å². The van der Waals surface area contributed by atoms with E-state index in [0.29, 0.717) is 18.2 Å². The number of ether oxygens (including phenoxy) is 1. The van der Waals surface area contributed by atoms with Crippen LogP contribution in [-0.2, 0) is 4.74 Å². The van der Waals surface area contributed by atoms with Gasteiger partial charge in [0.15, 0.2) is 0 Å². The molecule has 1 aromatic carbocycles. The van der Waals surface area contributed by atoms with Gasteiger partial charge in [-0.2, -0.15) is 0 Å². The van der Waals surface area contributed by atoms with Crippen LogP contribution in [-0.4, -0.2) is 38.3 Å². The third-order valence-corrected chi connectivity index (χ3v) is 3.14. The molecule has 0 bridgehead atoms. The van der Waals surface area contributed by atoms with Crippen LogP contribution in [0.2, 0.25) is 5.02 Å². The predicted octanol–water partition coefficient (Wildman–Crippen LogP) is 2.45. The van der Waals surface area contributed by atoms with Crippen molar-refractivity contribution < 1.29 is 9.13 Å². The number of nitrogens with two attached hydrogens (primary N) is 1. The lowest BCUT2D eigenvalue weighted by Crippen LogP contribution is -2.36. The number of rotatable bonds is 7. The maximum absolute atomic E-state index is 13.4. The first-order valence-corrected chi connectivity index (χ1v) is 6.39. The highest BCUT2D eigenvalue weighted by molar-refractivity contribution is 6.30. The molecule has 0 saturated heterocycles. The van der Waals surface area contributed by atoms with Crippen LogP contribution >= 0.6 is 11.6 Å². The van der Waals surface area contributed by atoms with Gasteiger partial charge in [-0.15, -0.1) is 0 Å². The number of hydrogen-bond acceptors (Lipinski definition) is 3. The van der Waals surface area contributed by atoms with Crippen molar-refractivity contribution in [2.45, 2.75) is 13.0 Å². The van der Waals surface area contributed by atoms with Gasteiger partial charge in [0.25, 0.3) is 0 Å². The molecule has 0 spiro atoms. The lowest BCUT2D eigenvalue weighted by molar-refractivity contribution is 0.125. The van der Waals surface area contributed by atoms with E-state index in [1.165, 1.54) is 12.1 Å². The highest BCUT2D eigenvalue weighted by Gasteiger charge is 2.18. The molecule has 5 heteroatoms. The summed E-state index contributed by atoms with van der Waals surface area (Å²) in [5.41, 5.74) is 6.61. The van der Waals surface area contributed by atoms with Crippen molar-refractivity contribution in [2.24, 2.45) is 5.73 Å². The second-order valence-corrected chi connectivity index (χ2v) is 4.51. The lowest BCUT2D eigenvalue weighted by atomic mass is 10.1. The number of nitrogens with zero attached hydrogens (tertiary/aromatic N) is 1. The van der Waals surface area contributed by atoms with Gasteiger partial charge in [0, 0.05) is 31.3 Å². The van der Waals surface area contributed by atoms with Crippen LogP contribution in [0.1, 0.15) is 18.5 Å². The zero-order valence-electron chi connectivity index (χ0n) is 10.8. The topological polar surface area (TPSA) is 38.5 Å². The minimum absolute atomic E-state index is 0.0432. The van der Waals surface area contributed by atoms with Gasteiger partial charge in [0.05, 0.1) is 6.61 Å². The van der Waals surface area contributed by atoms with Crippen molar-refractivity contribution in [1.82, 2.24) is 4.90 Å². The molecule has 3 nitrogen and oxygen atoms in total. The van der Waals surface area contributed by atoms with Crippen molar-refractivity contribution in [3.8, 4) is 0 Å². The van der Waals surface area contributed by atoms with Crippen LogP contribution in [0.3, 0.4) is 0 Å². The molecule has 1 atom stereocenters. The van der Waals surface area contributed by atoms with Crippen LogP contribution in [0, 0.1) is 5.82 Å². The highest BCUT2D eigenvalue weighted by atomic mass is 35.5.